The number of hydrogen-bond donors (Lipinski definition) is 3. The van der Waals surface area contributed by atoms with Crippen molar-refractivity contribution in [3.8, 4) is 11.8 Å². The molecule has 1 aliphatic rings. The Bertz CT molecular complexity index is 522. The van der Waals surface area contributed by atoms with E-state index in [0.29, 0.717) is 6.04 Å². The standard InChI is InChI=1S/C17H22N2O2/c1-13(18-17(21)19-16-6-2-3-7-16)15-10-8-14(9-11-15)5-4-12-20/h8-11,13,16,20H,2-3,6-7,12H2,1H3,(H2,18,19,21). The first kappa shape index (κ1) is 15.4. The Morgan fingerprint density at radius 1 is 1.33 bits per heavy atom. The van der Waals surface area contributed by atoms with Gasteiger partial charge in [0.2, 0.25) is 0 Å². The van der Waals surface area contributed by atoms with Gasteiger partial charge in [0.25, 0.3) is 0 Å². The Balaban J connectivity index is 1.87. The van der Waals surface area contributed by atoms with Crippen molar-refractivity contribution in [1.82, 2.24) is 10.6 Å². The highest BCUT2D eigenvalue weighted by molar-refractivity contribution is 5.74. The van der Waals surface area contributed by atoms with E-state index in [1.165, 1.54) is 12.8 Å². The molecule has 1 saturated carbocycles. The second-order valence-electron chi connectivity index (χ2n) is 5.40. The van der Waals surface area contributed by atoms with E-state index < -0.39 is 0 Å². The van der Waals surface area contributed by atoms with E-state index in [4.69, 9.17) is 5.11 Å². The summed E-state index contributed by atoms with van der Waals surface area (Å²) in [6.07, 6.45) is 4.58. The zero-order valence-corrected chi connectivity index (χ0v) is 12.4. The summed E-state index contributed by atoms with van der Waals surface area (Å²) in [5.41, 5.74) is 1.89. The molecule has 1 unspecified atom stereocenters. The number of carbonyl (C=O) groups is 1. The number of rotatable bonds is 3. The molecule has 3 N–H and O–H groups in total. The van der Waals surface area contributed by atoms with Crippen molar-refractivity contribution >= 4 is 6.03 Å². The minimum Gasteiger partial charge on any atom is -0.384 e. The maximum Gasteiger partial charge on any atom is 0.315 e. The molecule has 0 aliphatic heterocycles. The van der Waals surface area contributed by atoms with Crippen LogP contribution in [0.1, 0.15) is 49.8 Å². The number of urea groups is 1. The number of carbonyl (C=O) groups excluding carboxylic acids is 1. The first-order valence-corrected chi connectivity index (χ1v) is 7.46. The number of nitrogens with one attached hydrogen (secondary N) is 2. The number of aliphatic hydroxyl groups is 1. The topological polar surface area (TPSA) is 61.4 Å². The molecule has 0 radical (unpaired) electrons. The highest BCUT2D eigenvalue weighted by Crippen LogP contribution is 2.18. The maximum absolute atomic E-state index is 11.9. The van der Waals surface area contributed by atoms with E-state index in [-0.39, 0.29) is 18.7 Å². The maximum atomic E-state index is 11.9. The Morgan fingerprint density at radius 3 is 2.62 bits per heavy atom. The van der Waals surface area contributed by atoms with Gasteiger partial charge in [-0.2, -0.15) is 0 Å². The van der Waals surface area contributed by atoms with Gasteiger partial charge in [0.15, 0.2) is 0 Å². The fourth-order valence-corrected chi connectivity index (χ4v) is 2.57. The van der Waals surface area contributed by atoms with Crippen LogP contribution in [0.4, 0.5) is 4.79 Å². The Hall–Kier alpha value is -1.99. The smallest absolute Gasteiger partial charge is 0.315 e. The third-order valence-corrected chi connectivity index (χ3v) is 3.76. The Morgan fingerprint density at radius 2 is 2.00 bits per heavy atom. The lowest BCUT2D eigenvalue weighted by atomic mass is 10.1. The molecule has 0 aromatic heterocycles. The molecule has 1 aromatic carbocycles. The van der Waals surface area contributed by atoms with Gasteiger partial charge in [0, 0.05) is 11.6 Å². The Labute approximate surface area is 125 Å². The fraction of sp³-hybridized carbons (Fsp3) is 0.471. The SMILES string of the molecule is CC(NC(=O)NC1CCCC1)c1ccc(C#CCO)cc1. The molecule has 1 aromatic rings. The average molecular weight is 286 g/mol. The van der Waals surface area contributed by atoms with Gasteiger partial charge >= 0.3 is 6.03 Å². The third-order valence-electron chi connectivity index (χ3n) is 3.76. The van der Waals surface area contributed by atoms with Gasteiger partial charge in [0.05, 0.1) is 6.04 Å². The van der Waals surface area contributed by atoms with Crippen molar-refractivity contribution in [2.24, 2.45) is 0 Å². The molecule has 0 spiro atoms. The zero-order chi connectivity index (χ0) is 15.1. The minimum atomic E-state index is -0.138. The predicted octanol–water partition coefficient (Wildman–Crippen LogP) is 2.33. The van der Waals surface area contributed by atoms with Crippen molar-refractivity contribution in [3.05, 3.63) is 35.4 Å². The van der Waals surface area contributed by atoms with Crippen LogP contribution in [-0.4, -0.2) is 23.8 Å². The molecule has 4 nitrogen and oxygen atoms in total. The average Bonchev–Trinajstić information content (AvgIpc) is 2.98. The molecule has 2 amide bonds. The van der Waals surface area contributed by atoms with Gasteiger partial charge in [-0.25, -0.2) is 4.79 Å². The first-order valence-electron chi connectivity index (χ1n) is 7.46. The van der Waals surface area contributed by atoms with Crippen molar-refractivity contribution in [3.63, 3.8) is 0 Å². The normalized spacial score (nSPS) is 15.9. The summed E-state index contributed by atoms with van der Waals surface area (Å²) < 4.78 is 0. The van der Waals surface area contributed by atoms with Gasteiger partial charge in [-0.3, -0.25) is 0 Å². The summed E-state index contributed by atoms with van der Waals surface area (Å²) in [6.45, 7) is 1.82. The van der Waals surface area contributed by atoms with Crippen LogP contribution < -0.4 is 10.6 Å². The highest BCUT2D eigenvalue weighted by atomic mass is 16.2. The highest BCUT2D eigenvalue weighted by Gasteiger charge is 2.18. The second-order valence-corrected chi connectivity index (χ2v) is 5.40. The molecule has 21 heavy (non-hydrogen) atoms. The summed E-state index contributed by atoms with van der Waals surface area (Å²) in [4.78, 5) is 11.9. The largest absolute Gasteiger partial charge is 0.384 e. The van der Waals surface area contributed by atoms with E-state index >= 15 is 0 Å². The second kappa shape index (κ2) is 7.70. The summed E-state index contributed by atoms with van der Waals surface area (Å²) in [6, 6.07) is 7.86. The van der Waals surface area contributed by atoms with Crippen LogP contribution in [0.15, 0.2) is 24.3 Å². The number of hydrogen-bond acceptors (Lipinski definition) is 2. The van der Waals surface area contributed by atoms with Crippen LogP contribution in [0.3, 0.4) is 0 Å². The molecule has 0 saturated heterocycles. The molecule has 1 atom stereocenters. The van der Waals surface area contributed by atoms with Gasteiger partial charge in [-0.1, -0.05) is 36.8 Å². The molecule has 0 bridgehead atoms. The van der Waals surface area contributed by atoms with E-state index in [9.17, 15) is 4.79 Å². The monoisotopic (exact) mass is 286 g/mol. The van der Waals surface area contributed by atoms with Crippen LogP contribution in [-0.2, 0) is 0 Å². The van der Waals surface area contributed by atoms with Crippen LogP contribution in [0, 0.1) is 11.8 Å². The lowest BCUT2D eigenvalue weighted by molar-refractivity contribution is 0.234. The molecule has 112 valence electrons. The molecule has 1 fully saturated rings. The number of aliphatic hydroxyl groups excluding tert-OH is 1. The van der Waals surface area contributed by atoms with Gasteiger partial charge in [-0.15, -0.1) is 0 Å². The lowest BCUT2D eigenvalue weighted by Gasteiger charge is -2.18. The Kier molecular flexibility index (Phi) is 5.65. The summed E-state index contributed by atoms with van der Waals surface area (Å²) >= 11 is 0. The van der Waals surface area contributed by atoms with Crippen molar-refractivity contribution < 1.29 is 9.90 Å². The van der Waals surface area contributed by atoms with Crippen molar-refractivity contribution in [1.29, 1.82) is 0 Å². The summed E-state index contributed by atoms with van der Waals surface area (Å²) in [5.74, 6) is 5.46. The number of amides is 2. The number of benzene rings is 1. The van der Waals surface area contributed by atoms with Crippen LogP contribution in [0.2, 0.25) is 0 Å². The van der Waals surface area contributed by atoms with Crippen LogP contribution in [0.5, 0.6) is 0 Å². The predicted molar refractivity (Wildman–Crippen MR) is 82.7 cm³/mol. The molecule has 0 heterocycles. The van der Waals surface area contributed by atoms with E-state index in [2.05, 4.69) is 22.5 Å². The van der Waals surface area contributed by atoms with Crippen molar-refractivity contribution in [2.45, 2.75) is 44.7 Å². The van der Waals surface area contributed by atoms with E-state index in [1.807, 2.05) is 31.2 Å². The molecule has 1 aliphatic carbocycles. The van der Waals surface area contributed by atoms with Crippen LogP contribution >= 0.6 is 0 Å². The quantitative estimate of drug-likeness (QED) is 0.747. The van der Waals surface area contributed by atoms with E-state index in [1.54, 1.807) is 0 Å². The molecule has 2 rings (SSSR count). The molecular weight excluding hydrogens is 264 g/mol. The first-order chi connectivity index (χ1) is 10.2. The van der Waals surface area contributed by atoms with Crippen LogP contribution in [0.25, 0.3) is 0 Å². The zero-order valence-electron chi connectivity index (χ0n) is 12.4. The third kappa shape index (κ3) is 4.80. The minimum absolute atomic E-state index is 0.0498. The van der Waals surface area contributed by atoms with Gasteiger partial charge in [-0.05, 0) is 37.5 Å². The molecule has 4 heteroatoms. The van der Waals surface area contributed by atoms with Gasteiger partial charge < -0.3 is 15.7 Å². The lowest BCUT2D eigenvalue weighted by Crippen LogP contribution is -2.41. The fourth-order valence-electron chi connectivity index (χ4n) is 2.57. The van der Waals surface area contributed by atoms with Gasteiger partial charge in [0.1, 0.15) is 6.61 Å². The van der Waals surface area contributed by atoms with E-state index in [0.717, 1.165) is 24.0 Å². The molecular formula is C17H22N2O2. The van der Waals surface area contributed by atoms with Crippen molar-refractivity contribution in [2.75, 3.05) is 6.61 Å². The summed E-state index contributed by atoms with van der Waals surface area (Å²) in [5, 5.41) is 14.6. The summed E-state index contributed by atoms with van der Waals surface area (Å²) in [7, 11) is 0.